The molecule has 4 rings (SSSR count). The van der Waals surface area contributed by atoms with E-state index in [9.17, 15) is 9.50 Å². The Kier molecular flexibility index (Phi) is 3.23. The number of nitrogens with zero attached hydrogens (tertiary/aromatic N) is 5. The van der Waals surface area contributed by atoms with Crippen molar-refractivity contribution >= 4 is 11.6 Å². The van der Waals surface area contributed by atoms with Gasteiger partial charge >= 0.3 is 0 Å². The van der Waals surface area contributed by atoms with E-state index in [2.05, 4.69) is 15.1 Å². The van der Waals surface area contributed by atoms with Gasteiger partial charge in [-0.3, -0.25) is 0 Å². The molecule has 0 amide bonds. The number of hydrogen-bond acceptors (Lipinski definition) is 5. The van der Waals surface area contributed by atoms with Gasteiger partial charge in [0.25, 0.3) is 5.78 Å². The number of aliphatic hydroxyl groups excluding tert-OH is 1. The molecule has 1 saturated heterocycles. The highest BCUT2D eigenvalue weighted by atomic mass is 19.1. The molecule has 0 aliphatic carbocycles. The predicted octanol–water partition coefficient (Wildman–Crippen LogP) is 1.88. The molecule has 3 aromatic rings. The molecule has 0 saturated carbocycles. The highest BCUT2D eigenvalue weighted by Gasteiger charge is 2.34. The van der Waals surface area contributed by atoms with Gasteiger partial charge in [-0.05, 0) is 31.0 Å². The Morgan fingerprint density at radius 1 is 1.30 bits per heavy atom. The fraction of sp³-hybridized carbons (Fsp3) is 0.312. The van der Waals surface area contributed by atoms with Crippen molar-refractivity contribution < 1.29 is 9.50 Å². The fourth-order valence-electron chi connectivity index (χ4n) is 3.21. The minimum Gasteiger partial charge on any atom is -0.391 e. The number of aromatic nitrogens is 4. The summed E-state index contributed by atoms with van der Waals surface area (Å²) in [6, 6.07) is 8.30. The molecule has 1 aromatic carbocycles. The Labute approximate surface area is 132 Å². The average molecular weight is 313 g/mol. The first-order valence-electron chi connectivity index (χ1n) is 7.49. The molecule has 6 nitrogen and oxygen atoms in total. The summed E-state index contributed by atoms with van der Waals surface area (Å²) in [7, 11) is 0. The molecular formula is C16H16FN5O. The van der Waals surface area contributed by atoms with Gasteiger partial charge in [-0.1, -0.05) is 12.1 Å². The number of anilines is 1. The van der Waals surface area contributed by atoms with Crippen molar-refractivity contribution in [3.63, 3.8) is 0 Å². The van der Waals surface area contributed by atoms with Crippen LogP contribution in [-0.2, 0) is 0 Å². The van der Waals surface area contributed by atoms with Crippen LogP contribution in [0.3, 0.4) is 0 Å². The molecule has 0 bridgehead atoms. The molecule has 1 N–H and O–H groups in total. The van der Waals surface area contributed by atoms with E-state index in [1.165, 1.54) is 18.5 Å². The van der Waals surface area contributed by atoms with Crippen LogP contribution in [0.1, 0.15) is 23.7 Å². The van der Waals surface area contributed by atoms with E-state index in [1.54, 1.807) is 10.6 Å². The van der Waals surface area contributed by atoms with Crippen molar-refractivity contribution in [1.82, 2.24) is 19.6 Å². The monoisotopic (exact) mass is 313 g/mol. The van der Waals surface area contributed by atoms with Gasteiger partial charge in [0.1, 0.15) is 18.0 Å². The minimum atomic E-state index is -0.477. The maximum atomic E-state index is 13.6. The maximum absolute atomic E-state index is 13.6. The van der Waals surface area contributed by atoms with Crippen molar-refractivity contribution in [1.29, 1.82) is 0 Å². The van der Waals surface area contributed by atoms with Gasteiger partial charge in [0.15, 0.2) is 0 Å². The number of benzene rings is 1. The van der Waals surface area contributed by atoms with E-state index >= 15 is 0 Å². The van der Waals surface area contributed by atoms with Gasteiger partial charge in [-0.15, -0.1) is 0 Å². The molecule has 23 heavy (non-hydrogen) atoms. The SMILES string of the molecule is Cc1cc(N2C[C@H](O)C[C@H]2c2cccc(F)c2)n2ncnc2n1. The summed E-state index contributed by atoms with van der Waals surface area (Å²) in [4.78, 5) is 10.5. The number of halogens is 1. The predicted molar refractivity (Wildman–Crippen MR) is 82.6 cm³/mol. The quantitative estimate of drug-likeness (QED) is 0.782. The molecule has 0 radical (unpaired) electrons. The number of rotatable bonds is 2. The van der Waals surface area contributed by atoms with Crippen LogP contribution in [0, 0.1) is 12.7 Å². The third-order valence-corrected chi connectivity index (χ3v) is 4.17. The average Bonchev–Trinajstić information content (AvgIpc) is 3.12. The van der Waals surface area contributed by atoms with E-state index in [0.717, 1.165) is 17.1 Å². The lowest BCUT2D eigenvalue weighted by Crippen LogP contribution is -2.27. The van der Waals surface area contributed by atoms with Crippen LogP contribution in [0.15, 0.2) is 36.7 Å². The summed E-state index contributed by atoms with van der Waals surface area (Å²) in [5, 5.41) is 14.4. The lowest BCUT2D eigenvalue weighted by atomic mass is 10.0. The number of aliphatic hydroxyl groups is 1. The summed E-state index contributed by atoms with van der Waals surface area (Å²) in [5.41, 5.74) is 1.66. The first-order valence-corrected chi connectivity index (χ1v) is 7.49. The van der Waals surface area contributed by atoms with Gasteiger partial charge in [0, 0.05) is 18.3 Å². The molecule has 1 aliphatic rings. The van der Waals surface area contributed by atoms with E-state index in [0.29, 0.717) is 18.7 Å². The summed E-state index contributed by atoms with van der Waals surface area (Å²) >= 11 is 0. The van der Waals surface area contributed by atoms with E-state index < -0.39 is 6.10 Å². The van der Waals surface area contributed by atoms with Crippen molar-refractivity contribution in [2.45, 2.75) is 25.5 Å². The van der Waals surface area contributed by atoms with Gasteiger partial charge in [0.2, 0.25) is 0 Å². The van der Waals surface area contributed by atoms with Gasteiger partial charge in [-0.2, -0.15) is 14.6 Å². The standard InChI is InChI=1S/C16H16FN5O/c1-10-5-15(22-16(20-10)18-9-19-22)21-8-13(23)7-14(21)11-3-2-4-12(17)6-11/h2-6,9,13-14,23H,7-8H2,1H3/t13-,14+/m1/s1. The molecule has 1 aliphatic heterocycles. The second-order valence-electron chi connectivity index (χ2n) is 5.84. The molecule has 118 valence electrons. The number of fused-ring (bicyclic) bond motifs is 1. The Balaban J connectivity index is 1.83. The Hall–Kier alpha value is -2.54. The Morgan fingerprint density at radius 2 is 2.17 bits per heavy atom. The zero-order chi connectivity index (χ0) is 16.0. The summed E-state index contributed by atoms with van der Waals surface area (Å²) in [6.07, 6.45) is 1.52. The smallest absolute Gasteiger partial charge is 0.254 e. The molecule has 2 aromatic heterocycles. The minimum absolute atomic E-state index is 0.116. The van der Waals surface area contributed by atoms with Crippen LogP contribution < -0.4 is 4.90 Å². The van der Waals surface area contributed by atoms with Crippen molar-refractivity contribution in [2.75, 3.05) is 11.4 Å². The van der Waals surface area contributed by atoms with Crippen LogP contribution >= 0.6 is 0 Å². The molecule has 3 heterocycles. The van der Waals surface area contributed by atoms with Gasteiger partial charge in [-0.25, -0.2) is 9.37 Å². The normalized spacial score (nSPS) is 21.3. The third kappa shape index (κ3) is 2.43. The maximum Gasteiger partial charge on any atom is 0.254 e. The van der Waals surface area contributed by atoms with Crippen molar-refractivity contribution in [2.24, 2.45) is 0 Å². The highest BCUT2D eigenvalue weighted by molar-refractivity contribution is 5.50. The van der Waals surface area contributed by atoms with Gasteiger partial charge < -0.3 is 10.0 Å². The summed E-state index contributed by atoms with van der Waals surface area (Å²) in [6.45, 7) is 2.35. The lowest BCUT2D eigenvalue weighted by Gasteiger charge is -2.27. The van der Waals surface area contributed by atoms with Crippen molar-refractivity contribution in [3.8, 4) is 0 Å². The molecule has 0 unspecified atom stereocenters. The van der Waals surface area contributed by atoms with Crippen LogP contribution in [0.5, 0.6) is 0 Å². The van der Waals surface area contributed by atoms with E-state index in [4.69, 9.17) is 0 Å². The van der Waals surface area contributed by atoms with Gasteiger partial charge in [0.05, 0.1) is 12.1 Å². The van der Waals surface area contributed by atoms with Crippen LogP contribution in [0.2, 0.25) is 0 Å². The molecule has 2 atom stereocenters. The van der Waals surface area contributed by atoms with E-state index in [-0.39, 0.29) is 11.9 Å². The van der Waals surface area contributed by atoms with Crippen LogP contribution in [-0.4, -0.2) is 37.3 Å². The Bertz CT molecular complexity index is 865. The van der Waals surface area contributed by atoms with Crippen LogP contribution in [0.4, 0.5) is 10.2 Å². The highest BCUT2D eigenvalue weighted by Crippen LogP contribution is 2.36. The molecule has 1 fully saturated rings. The number of β-amino-alcohol motifs (C(OH)–C–C–N with tert-alkyl or cyclic N) is 1. The zero-order valence-corrected chi connectivity index (χ0v) is 12.6. The molecule has 7 heteroatoms. The fourth-order valence-corrected chi connectivity index (χ4v) is 3.21. The second kappa shape index (κ2) is 5.27. The molecular weight excluding hydrogens is 297 g/mol. The first kappa shape index (κ1) is 14.1. The Morgan fingerprint density at radius 3 is 3.00 bits per heavy atom. The molecule has 0 spiro atoms. The lowest BCUT2D eigenvalue weighted by molar-refractivity contribution is 0.194. The van der Waals surface area contributed by atoms with Crippen molar-refractivity contribution in [3.05, 3.63) is 53.7 Å². The topological polar surface area (TPSA) is 66.5 Å². The first-order chi connectivity index (χ1) is 11.1. The second-order valence-corrected chi connectivity index (χ2v) is 5.84. The third-order valence-electron chi connectivity index (χ3n) is 4.17. The number of aryl methyl sites for hydroxylation is 1. The van der Waals surface area contributed by atoms with Crippen LogP contribution in [0.25, 0.3) is 5.78 Å². The summed E-state index contributed by atoms with van der Waals surface area (Å²) in [5.74, 6) is 1.04. The number of hydrogen-bond donors (Lipinski definition) is 1. The summed E-state index contributed by atoms with van der Waals surface area (Å²) < 4.78 is 15.2. The zero-order valence-electron chi connectivity index (χ0n) is 12.6. The van der Waals surface area contributed by atoms with E-state index in [1.807, 2.05) is 24.0 Å². The largest absolute Gasteiger partial charge is 0.391 e.